The van der Waals surface area contributed by atoms with Crippen molar-refractivity contribution in [1.29, 1.82) is 0 Å². The van der Waals surface area contributed by atoms with Crippen molar-refractivity contribution in [1.82, 2.24) is 24.5 Å². The highest BCUT2D eigenvalue weighted by atomic mass is 19.4. The van der Waals surface area contributed by atoms with Crippen molar-refractivity contribution in [3.63, 3.8) is 0 Å². The zero-order valence-electron chi connectivity index (χ0n) is 17.6. The number of imidazole rings is 1. The highest BCUT2D eigenvalue weighted by Crippen LogP contribution is 2.26. The fourth-order valence-electron chi connectivity index (χ4n) is 3.48. The molecular weight excluding hydrogens is 435 g/mol. The van der Waals surface area contributed by atoms with Crippen LogP contribution in [0.1, 0.15) is 40.7 Å². The SMILES string of the molecule is Cc1cc(CN2CCn3cc(C(=O)N4CCOCC4)nc3C2C)no1.O=C(O)C(F)(F)F. The smallest absolute Gasteiger partial charge is 0.475 e. The maximum absolute atomic E-state index is 12.7. The normalized spacial score (nSPS) is 19.2. The first kappa shape index (κ1) is 23.7. The Morgan fingerprint density at radius 2 is 1.88 bits per heavy atom. The number of alkyl halides is 3. The van der Waals surface area contributed by atoms with Crippen LogP contribution in [-0.2, 0) is 22.6 Å². The molecule has 2 aliphatic rings. The molecule has 0 radical (unpaired) electrons. The first-order chi connectivity index (χ1) is 15.1. The summed E-state index contributed by atoms with van der Waals surface area (Å²) in [5.74, 6) is -1.01. The average Bonchev–Trinajstić information content (AvgIpc) is 3.36. The van der Waals surface area contributed by atoms with E-state index in [2.05, 4.69) is 26.5 Å². The number of amides is 1. The van der Waals surface area contributed by atoms with Crippen LogP contribution in [0, 0.1) is 6.92 Å². The van der Waals surface area contributed by atoms with Crippen LogP contribution in [0.2, 0.25) is 0 Å². The van der Waals surface area contributed by atoms with Gasteiger partial charge in [0.05, 0.1) is 24.9 Å². The molecule has 4 heterocycles. The van der Waals surface area contributed by atoms with Crippen LogP contribution in [-0.4, -0.2) is 80.5 Å². The van der Waals surface area contributed by atoms with Crippen LogP contribution in [0.4, 0.5) is 13.2 Å². The van der Waals surface area contributed by atoms with Gasteiger partial charge in [-0.25, -0.2) is 9.78 Å². The summed E-state index contributed by atoms with van der Waals surface area (Å²) in [6.45, 7) is 8.91. The van der Waals surface area contributed by atoms with Crippen molar-refractivity contribution < 1.29 is 37.1 Å². The Kier molecular flexibility index (Phi) is 7.19. The number of carboxylic acids is 1. The summed E-state index contributed by atoms with van der Waals surface area (Å²) in [7, 11) is 0. The van der Waals surface area contributed by atoms with Gasteiger partial charge in [0, 0.05) is 45.0 Å². The minimum absolute atomic E-state index is 0.00363. The van der Waals surface area contributed by atoms with Gasteiger partial charge in [-0.1, -0.05) is 5.16 Å². The van der Waals surface area contributed by atoms with E-state index in [4.69, 9.17) is 19.2 Å². The number of hydrogen-bond acceptors (Lipinski definition) is 7. The molecule has 0 spiro atoms. The topological polar surface area (TPSA) is 114 Å². The van der Waals surface area contributed by atoms with E-state index in [-0.39, 0.29) is 11.9 Å². The number of morpholine rings is 1. The molecule has 2 aromatic rings. The summed E-state index contributed by atoms with van der Waals surface area (Å²) in [6.07, 6.45) is -3.19. The van der Waals surface area contributed by atoms with Crippen molar-refractivity contribution in [3.05, 3.63) is 35.2 Å². The Balaban J connectivity index is 0.000000360. The van der Waals surface area contributed by atoms with Crippen molar-refractivity contribution >= 4 is 11.9 Å². The van der Waals surface area contributed by atoms with Gasteiger partial charge in [-0.2, -0.15) is 13.2 Å². The lowest BCUT2D eigenvalue weighted by atomic mass is 10.2. The van der Waals surface area contributed by atoms with E-state index in [9.17, 15) is 18.0 Å². The van der Waals surface area contributed by atoms with Crippen LogP contribution in [0.5, 0.6) is 0 Å². The van der Waals surface area contributed by atoms with Gasteiger partial charge in [0.2, 0.25) is 0 Å². The number of aromatic nitrogens is 3. The summed E-state index contributed by atoms with van der Waals surface area (Å²) in [4.78, 5) is 30.3. The lowest BCUT2D eigenvalue weighted by Gasteiger charge is -2.32. The molecule has 1 saturated heterocycles. The number of ether oxygens (including phenoxy) is 1. The number of carboxylic acid groups (broad SMARTS) is 1. The van der Waals surface area contributed by atoms with Gasteiger partial charge >= 0.3 is 12.1 Å². The number of fused-ring (bicyclic) bond motifs is 1. The van der Waals surface area contributed by atoms with Gasteiger partial charge < -0.3 is 23.8 Å². The van der Waals surface area contributed by atoms with Crippen LogP contribution in [0.15, 0.2) is 16.8 Å². The number of rotatable bonds is 3. The second-order valence-electron chi connectivity index (χ2n) is 7.46. The molecule has 176 valence electrons. The van der Waals surface area contributed by atoms with Crippen LogP contribution in [0.25, 0.3) is 0 Å². The summed E-state index contributed by atoms with van der Waals surface area (Å²) in [6, 6.07) is 2.08. The number of hydrogen-bond donors (Lipinski definition) is 1. The number of aryl methyl sites for hydroxylation is 1. The lowest BCUT2D eigenvalue weighted by molar-refractivity contribution is -0.192. The van der Waals surface area contributed by atoms with Gasteiger partial charge in [0.25, 0.3) is 5.91 Å². The predicted molar refractivity (Wildman–Crippen MR) is 103 cm³/mol. The summed E-state index contributed by atoms with van der Waals surface area (Å²) >= 11 is 0. The summed E-state index contributed by atoms with van der Waals surface area (Å²) in [5, 5.41) is 11.2. The van der Waals surface area contributed by atoms with E-state index >= 15 is 0 Å². The maximum Gasteiger partial charge on any atom is 0.490 e. The molecule has 2 aromatic heterocycles. The first-order valence-corrected chi connectivity index (χ1v) is 9.96. The summed E-state index contributed by atoms with van der Waals surface area (Å²) in [5.41, 5.74) is 1.46. The summed E-state index contributed by atoms with van der Waals surface area (Å²) < 4.78 is 44.3. The molecule has 13 heteroatoms. The van der Waals surface area contributed by atoms with E-state index in [0.717, 1.165) is 36.9 Å². The van der Waals surface area contributed by atoms with E-state index < -0.39 is 12.1 Å². The molecule has 1 amide bonds. The minimum Gasteiger partial charge on any atom is -0.475 e. The number of nitrogens with zero attached hydrogens (tertiary/aromatic N) is 5. The first-order valence-electron chi connectivity index (χ1n) is 9.96. The van der Waals surface area contributed by atoms with Gasteiger partial charge in [0.1, 0.15) is 17.3 Å². The Labute approximate surface area is 181 Å². The third-order valence-electron chi connectivity index (χ3n) is 5.16. The Hall–Kier alpha value is -2.93. The standard InChI is InChI=1S/C17H23N5O3.C2HF3O2/c1-12-9-14(19-25-12)10-21-3-4-22-11-15(18-16(22)13(21)2)17(23)20-5-7-24-8-6-20;3-2(4,5)1(6)7/h9,11,13H,3-8,10H2,1-2H3;(H,6,7). The van der Waals surface area contributed by atoms with E-state index in [0.29, 0.717) is 32.0 Å². The Bertz CT molecular complexity index is 952. The molecular formula is C19H24F3N5O5. The van der Waals surface area contributed by atoms with E-state index in [1.807, 2.05) is 24.1 Å². The van der Waals surface area contributed by atoms with Crippen LogP contribution in [0.3, 0.4) is 0 Å². The molecule has 4 rings (SSSR count). The Morgan fingerprint density at radius 1 is 1.22 bits per heavy atom. The van der Waals surface area contributed by atoms with Gasteiger partial charge in [-0.15, -0.1) is 0 Å². The monoisotopic (exact) mass is 459 g/mol. The molecule has 32 heavy (non-hydrogen) atoms. The highest BCUT2D eigenvalue weighted by molar-refractivity contribution is 5.92. The molecule has 0 aliphatic carbocycles. The minimum atomic E-state index is -5.08. The predicted octanol–water partition coefficient (Wildman–Crippen LogP) is 1.86. The molecule has 0 bridgehead atoms. The maximum atomic E-state index is 12.7. The molecule has 0 aromatic carbocycles. The number of halogens is 3. The van der Waals surface area contributed by atoms with Crippen LogP contribution >= 0.6 is 0 Å². The number of carbonyl (C=O) groups is 2. The van der Waals surface area contributed by atoms with Crippen LogP contribution < -0.4 is 0 Å². The average molecular weight is 459 g/mol. The molecule has 2 aliphatic heterocycles. The molecule has 1 unspecified atom stereocenters. The zero-order valence-corrected chi connectivity index (χ0v) is 17.6. The third kappa shape index (κ3) is 5.65. The Morgan fingerprint density at radius 3 is 2.44 bits per heavy atom. The quantitative estimate of drug-likeness (QED) is 0.740. The fourth-order valence-corrected chi connectivity index (χ4v) is 3.48. The van der Waals surface area contributed by atoms with E-state index in [1.165, 1.54) is 0 Å². The van der Waals surface area contributed by atoms with Crippen molar-refractivity contribution in [2.45, 2.75) is 39.2 Å². The van der Waals surface area contributed by atoms with Gasteiger partial charge in [-0.05, 0) is 13.8 Å². The number of carbonyl (C=O) groups excluding carboxylic acids is 1. The van der Waals surface area contributed by atoms with Gasteiger partial charge in [0.15, 0.2) is 0 Å². The van der Waals surface area contributed by atoms with E-state index in [1.54, 1.807) is 0 Å². The van der Waals surface area contributed by atoms with Crippen molar-refractivity contribution in [3.8, 4) is 0 Å². The second kappa shape index (κ2) is 9.69. The van der Waals surface area contributed by atoms with Gasteiger partial charge in [-0.3, -0.25) is 9.69 Å². The van der Waals surface area contributed by atoms with Crippen molar-refractivity contribution in [2.75, 3.05) is 32.8 Å². The molecule has 1 N–H and O–H groups in total. The molecule has 0 saturated carbocycles. The number of aliphatic carboxylic acids is 1. The molecule has 1 atom stereocenters. The molecule has 1 fully saturated rings. The second-order valence-corrected chi connectivity index (χ2v) is 7.46. The third-order valence-corrected chi connectivity index (χ3v) is 5.16. The zero-order chi connectivity index (χ0) is 23.5. The lowest BCUT2D eigenvalue weighted by Crippen LogP contribution is -2.40. The van der Waals surface area contributed by atoms with Crippen molar-refractivity contribution in [2.24, 2.45) is 0 Å². The molecule has 10 nitrogen and oxygen atoms in total. The fraction of sp³-hybridized carbons (Fsp3) is 0.579. The highest BCUT2D eigenvalue weighted by Gasteiger charge is 2.38. The largest absolute Gasteiger partial charge is 0.490 e.